The Kier molecular flexibility index (Phi) is 4.65. The third-order valence-electron chi connectivity index (χ3n) is 2.54. The third kappa shape index (κ3) is 4.05. The van der Waals surface area contributed by atoms with Gasteiger partial charge in [-0.05, 0) is 54.1 Å². The second kappa shape index (κ2) is 6.65. The number of alkyl halides is 2. The van der Waals surface area contributed by atoms with Crippen LogP contribution in [-0.4, -0.2) is 19.9 Å². The number of hydrogen-bond donors (Lipinski definition) is 0. The maximum absolute atomic E-state index is 12.0. The van der Waals surface area contributed by atoms with Gasteiger partial charge in [0.25, 0.3) is 0 Å². The van der Waals surface area contributed by atoms with Crippen molar-refractivity contribution >= 4 is 11.9 Å². The van der Waals surface area contributed by atoms with E-state index >= 15 is 0 Å². The van der Waals surface area contributed by atoms with Crippen LogP contribution in [0.3, 0.4) is 0 Å². The highest BCUT2D eigenvalue weighted by Gasteiger charge is 2.02. The number of rotatable bonds is 5. The fraction of sp³-hybridized carbons (Fsp3) is 0.133. The molecule has 0 aliphatic carbocycles. The van der Waals surface area contributed by atoms with Gasteiger partial charge in [-0.2, -0.15) is 8.78 Å². The van der Waals surface area contributed by atoms with Crippen LogP contribution in [0.2, 0.25) is 0 Å². The zero-order chi connectivity index (χ0) is 14.4. The Bertz CT molecular complexity index is 565. The first kappa shape index (κ1) is 14.0. The van der Waals surface area contributed by atoms with Gasteiger partial charge >= 0.3 is 6.61 Å². The van der Waals surface area contributed by atoms with E-state index in [1.54, 1.807) is 25.5 Å². The van der Waals surface area contributed by atoms with Crippen LogP contribution in [0.4, 0.5) is 14.5 Å². The molecule has 0 saturated carbocycles. The molecule has 2 aromatic carbocycles. The molecule has 0 radical (unpaired) electrons. The molecule has 0 aromatic heterocycles. The number of ether oxygens (including phenoxy) is 2. The van der Waals surface area contributed by atoms with E-state index in [0.717, 1.165) is 17.0 Å². The SMILES string of the molecule is COc1ccc(N=Cc2ccc(OC(F)F)cc2)cc1. The summed E-state index contributed by atoms with van der Waals surface area (Å²) in [7, 11) is 1.60. The van der Waals surface area contributed by atoms with Crippen LogP contribution in [0.25, 0.3) is 0 Å². The van der Waals surface area contributed by atoms with Gasteiger partial charge in [-0.1, -0.05) is 0 Å². The highest BCUT2D eigenvalue weighted by atomic mass is 19.3. The van der Waals surface area contributed by atoms with E-state index in [2.05, 4.69) is 9.73 Å². The minimum Gasteiger partial charge on any atom is -0.497 e. The summed E-state index contributed by atoms with van der Waals surface area (Å²) in [5.41, 5.74) is 1.57. The topological polar surface area (TPSA) is 30.8 Å². The van der Waals surface area contributed by atoms with Crippen molar-refractivity contribution < 1.29 is 18.3 Å². The Morgan fingerprint density at radius 2 is 1.55 bits per heavy atom. The molecule has 0 N–H and O–H groups in total. The van der Waals surface area contributed by atoms with Crippen molar-refractivity contribution in [2.75, 3.05) is 7.11 Å². The molecule has 20 heavy (non-hydrogen) atoms. The van der Waals surface area contributed by atoms with Crippen LogP contribution in [0.1, 0.15) is 5.56 Å². The number of halogens is 2. The van der Waals surface area contributed by atoms with Crippen molar-refractivity contribution in [1.82, 2.24) is 0 Å². The summed E-state index contributed by atoms with van der Waals surface area (Å²) in [5.74, 6) is 0.888. The molecule has 0 unspecified atom stereocenters. The summed E-state index contributed by atoms with van der Waals surface area (Å²) in [6, 6.07) is 13.5. The van der Waals surface area contributed by atoms with Crippen LogP contribution in [-0.2, 0) is 0 Å². The summed E-state index contributed by atoms with van der Waals surface area (Å²) < 4.78 is 33.3. The van der Waals surface area contributed by atoms with Crippen LogP contribution in [0.5, 0.6) is 11.5 Å². The lowest BCUT2D eigenvalue weighted by Gasteiger charge is -2.03. The second-order valence-corrected chi connectivity index (χ2v) is 3.90. The smallest absolute Gasteiger partial charge is 0.387 e. The number of benzene rings is 2. The van der Waals surface area contributed by atoms with E-state index in [1.807, 2.05) is 24.3 Å². The quantitative estimate of drug-likeness (QED) is 0.772. The normalized spacial score (nSPS) is 11.0. The fourth-order valence-corrected chi connectivity index (χ4v) is 1.55. The van der Waals surface area contributed by atoms with Gasteiger partial charge in [0.1, 0.15) is 11.5 Å². The molecule has 0 atom stereocenters. The van der Waals surface area contributed by atoms with E-state index < -0.39 is 6.61 Å². The lowest BCUT2D eigenvalue weighted by atomic mass is 10.2. The molecule has 5 heteroatoms. The standard InChI is InChI=1S/C15H13F2NO2/c1-19-13-8-4-12(5-9-13)18-10-11-2-6-14(7-3-11)20-15(16)17/h2-10,15H,1H3. The molecule has 3 nitrogen and oxygen atoms in total. The lowest BCUT2D eigenvalue weighted by molar-refractivity contribution is -0.0498. The third-order valence-corrected chi connectivity index (χ3v) is 2.54. The zero-order valence-corrected chi connectivity index (χ0v) is 10.8. The van der Waals surface area contributed by atoms with Crippen molar-refractivity contribution in [3.63, 3.8) is 0 Å². The first-order valence-electron chi connectivity index (χ1n) is 5.90. The number of methoxy groups -OCH3 is 1. The summed E-state index contributed by atoms with van der Waals surface area (Å²) >= 11 is 0. The number of aliphatic imine (C=N–C) groups is 1. The van der Waals surface area contributed by atoms with Gasteiger partial charge in [0.15, 0.2) is 0 Å². The van der Waals surface area contributed by atoms with Crippen LogP contribution in [0, 0.1) is 0 Å². The molecule has 0 fully saturated rings. The van der Waals surface area contributed by atoms with Gasteiger partial charge in [-0.15, -0.1) is 0 Å². The number of nitrogens with zero attached hydrogens (tertiary/aromatic N) is 1. The van der Waals surface area contributed by atoms with Gasteiger partial charge in [0.2, 0.25) is 0 Å². The highest BCUT2D eigenvalue weighted by molar-refractivity contribution is 5.82. The predicted molar refractivity (Wildman–Crippen MR) is 73.3 cm³/mol. The fourth-order valence-electron chi connectivity index (χ4n) is 1.55. The summed E-state index contributed by atoms with van der Waals surface area (Å²) in [6.07, 6.45) is 1.65. The van der Waals surface area contributed by atoms with Crippen molar-refractivity contribution in [2.45, 2.75) is 6.61 Å². The first-order valence-corrected chi connectivity index (χ1v) is 5.90. The minimum absolute atomic E-state index is 0.126. The average molecular weight is 277 g/mol. The molecule has 0 spiro atoms. The molecule has 0 aliphatic heterocycles. The van der Waals surface area contributed by atoms with Gasteiger partial charge in [-0.3, -0.25) is 4.99 Å². The van der Waals surface area contributed by atoms with Crippen LogP contribution in [0.15, 0.2) is 53.5 Å². The van der Waals surface area contributed by atoms with Crippen molar-refractivity contribution in [2.24, 2.45) is 4.99 Å². The van der Waals surface area contributed by atoms with Gasteiger partial charge in [0, 0.05) is 6.21 Å². The van der Waals surface area contributed by atoms with Crippen molar-refractivity contribution in [3.05, 3.63) is 54.1 Å². The Morgan fingerprint density at radius 3 is 2.10 bits per heavy atom. The Balaban J connectivity index is 2.03. The molecular formula is C15H13F2NO2. The molecule has 0 saturated heterocycles. The highest BCUT2D eigenvalue weighted by Crippen LogP contribution is 2.18. The van der Waals surface area contributed by atoms with Gasteiger partial charge in [-0.25, -0.2) is 0 Å². The first-order chi connectivity index (χ1) is 9.67. The lowest BCUT2D eigenvalue weighted by Crippen LogP contribution is -2.01. The molecule has 2 aromatic rings. The number of hydrogen-bond acceptors (Lipinski definition) is 3. The summed E-state index contributed by atoms with van der Waals surface area (Å²) in [6.45, 7) is -2.81. The predicted octanol–water partition coefficient (Wildman–Crippen LogP) is 4.05. The Hall–Kier alpha value is -2.43. The second-order valence-electron chi connectivity index (χ2n) is 3.90. The molecule has 0 heterocycles. The molecule has 0 amide bonds. The Morgan fingerprint density at radius 1 is 0.950 bits per heavy atom. The molecule has 104 valence electrons. The van der Waals surface area contributed by atoms with Crippen LogP contribution >= 0.6 is 0 Å². The zero-order valence-electron chi connectivity index (χ0n) is 10.8. The largest absolute Gasteiger partial charge is 0.497 e. The van der Waals surface area contributed by atoms with Crippen LogP contribution < -0.4 is 9.47 Å². The molecule has 2 rings (SSSR count). The van der Waals surface area contributed by atoms with E-state index in [-0.39, 0.29) is 5.75 Å². The van der Waals surface area contributed by atoms with Crippen molar-refractivity contribution in [3.8, 4) is 11.5 Å². The Labute approximate surface area is 115 Å². The molecular weight excluding hydrogens is 264 g/mol. The van der Waals surface area contributed by atoms with Crippen molar-refractivity contribution in [1.29, 1.82) is 0 Å². The summed E-state index contributed by atoms with van der Waals surface area (Å²) in [4.78, 5) is 4.27. The van der Waals surface area contributed by atoms with Gasteiger partial charge in [0.05, 0.1) is 12.8 Å². The maximum atomic E-state index is 12.0. The molecule has 0 bridgehead atoms. The summed E-state index contributed by atoms with van der Waals surface area (Å²) in [5, 5.41) is 0. The van der Waals surface area contributed by atoms with E-state index in [9.17, 15) is 8.78 Å². The van der Waals surface area contributed by atoms with E-state index in [1.165, 1.54) is 12.1 Å². The monoisotopic (exact) mass is 277 g/mol. The van der Waals surface area contributed by atoms with Gasteiger partial charge < -0.3 is 9.47 Å². The van der Waals surface area contributed by atoms with E-state index in [0.29, 0.717) is 0 Å². The maximum Gasteiger partial charge on any atom is 0.387 e. The molecule has 0 aliphatic rings. The minimum atomic E-state index is -2.81. The van der Waals surface area contributed by atoms with E-state index in [4.69, 9.17) is 4.74 Å². The average Bonchev–Trinajstić information content (AvgIpc) is 2.46.